The van der Waals surface area contributed by atoms with E-state index in [2.05, 4.69) is 17.2 Å². The molecule has 100 valence electrons. The summed E-state index contributed by atoms with van der Waals surface area (Å²) in [5.41, 5.74) is 7.90. The Morgan fingerprint density at radius 3 is 2.83 bits per heavy atom. The molecule has 0 saturated carbocycles. The van der Waals surface area contributed by atoms with Crippen LogP contribution in [0.4, 0.5) is 5.82 Å². The van der Waals surface area contributed by atoms with Crippen LogP contribution < -0.4 is 16.0 Å². The minimum atomic E-state index is -0.0188. The van der Waals surface area contributed by atoms with Crippen LogP contribution in [0.3, 0.4) is 0 Å². The summed E-state index contributed by atoms with van der Waals surface area (Å²) in [6, 6.07) is 1.94. The van der Waals surface area contributed by atoms with Crippen molar-refractivity contribution in [2.75, 3.05) is 25.0 Å². The Kier molecular flexibility index (Phi) is 5.58. The van der Waals surface area contributed by atoms with Crippen LogP contribution >= 0.6 is 0 Å². The van der Waals surface area contributed by atoms with Crippen molar-refractivity contribution in [1.82, 2.24) is 10.3 Å². The fourth-order valence-corrected chi connectivity index (χ4v) is 1.88. The lowest BCUT2D eigenvalue weighted by Crippen LogP contribution is -2.37. The second-order valence-corrected chi connectivity index (χ2v) is 4.23. The average Bonchev–Trinajstić information content (AvgIpc) is 2.37. The molecule has 3 N–H and O–H groups in total. The molecular weight excluding hydrogens is 228 g/mol. The monoisotopic (exact) mass is 250 g/mol. The predicted octanol–water partition coefficient (Wildman–Crippen LogP) is 0.811. The zero-order valence-corrected chi connectivity index (χ0v) is 11.4. The number of hydrogen-bond donors (Lipinski definition) is 2. The van der Waals surface area contributed by atoms with Gasteiger partial charge in [0.25, 0.3) is 0 Å². The van der Waals surface area contributed by atoms with Crippen LogP contribution in [0.5, 0.6) is 0 Å². The number of aryl methyl sites for hydroxylation is 1. The van der Waals surface area contributed by atoms with Crippen LogP contribution in [0.2, 0.25) is 0 Å². The first-order valence-corrected chi connectivity index (χ1v) is 6.24. The average molecular weight is 250 g/mol. The fourth-order valence-electron chi connectivity index (χ4n) is 1.88. The Morgan fingerprint density at radius 1 is 1.56 bits per heavy atom. The number of nitrogens with zero attached hydrogens (tertiary/aromatic N) is 2. The molecule has 1 amide bonds. The Bertz CT molecular complexity index is 406. The molecule has 0 atom stereocenters. The molecule has 1 aromatic heterocycles. The van der Waals surface area contributed by atoms with E-state index >= 15 is 0 Å². The molecule has 0 saturated heterocycles. The lowest BCUT2D eigenvalue weighted by Gasteiger charge is -2.25. The molecular formula is C13H22N4O. The highest BCUT2D eigenvalue weighted by Crippen LogP contribution is 2.20. The minimum absolute atomic E-state index is 0.0188. The SMILES string of the molecule is CCCN(CC(=O)NC)c1nccc(C)c1CN. The zero-order chi connectivity index (χ0) is 13.5. The molecule has 0 aliphatic carbocycles. The van der Waals surface area contributed by atoms with E-state index in [4.69, 9.17) is 5.73 Å². The van der Waals surface area contributed by atoms with Crippen LogP contribution in [0, 0.1) is 6.92 Å². The predicted molar refractivity (Wildman–Crippen MR) is 73.4 cm³/mol. The van der Waals surface area contributed by atoms with Crippen LogP contribution in [0.1, 0.15) is 24.5 Å². The van der Waals surface area contributed by atoms with Gasteiger partial charge in [-0.2, -0.15) is 0 Å². The summed E-state index contributed by atoms with van der Waals surface area (Å²) in [6.45, 7) is 5.62. The molecule has 0 unspecified atom stereocenters. The van der Waals surface area contributed by atoms with Crippen molar-refractivity contribution in [3.63, 3.8) is 0 Å². The minimum Gasteiger partial charge on any atom is -0.358 e. The number of likely N-dealkylation sites (N-methyl/N-ethyl adjacent to an activating group) is 1. The van der Waals surface area contributed by atoms with Gasteiger partial charge in [-0.25, -0.2) is 4.98 Å². The Morgan fingerprint density at radius 2 is 2.28 bits per heavy atom. The van der Waals surface area contributed by atoms with Crippen molar-refractivity contribution in [3.05, 3.63) is 23.4 Å². The van der Waals surface area contributed by atoms with E-state index in [1.165, 1.54) is 0 Å². The maximum atomic E-state index is 11.5. The lowest BCUT2D eigenvalue weighted by atomic mass is 10.1. The topological polar surface area (TPSA) is 71.2 Å². The normalized spacial score (nSPS) is 10.2. The van der Waals surface area contributed by atoms with E-state index < -0.39 is 0 Å². The van der Waals surface area contributed by atoms with Gasteiger partial charge in [0, 0.05) is 31.9 Å². The Balaban J connectivity index is 3.04. The van der Waals surface area contributed by atoms with E-state index in [1.807, 2.05) is 17.9 Å². The fraction of sp³-hybridized carbons (Fsp3) is 0.538. The van der Waals surface area contributed by atoms with Gasteiger partial charge in [-0.15, -0.1) is 0 Å². The molecule has 1 heterocycles. The first-order valence-electron chi connectivity index (χ1n) is 6.24. The molecule has 0 aromatic carbocycles. The zero-order valence-electron chi connectivity index (χ0n) is 11.4. The van der Waals surface area contributed by atoms with Crippen molar-refractivity contribution in [2.45, 2.75) is 26.8 Å². The highest BCUT2D eigenvalue weighted by molar-refractivity contribution is 5.81. The van der Waals surface area contributed by atoms with Crippen LogP contribution in [-0.2, 0) is 11.3 Å². The molecule has 1 aromatic rings. The molecule has 5 nitrogen and oxygen atoms in total. The quantitative estimate of drug-likeness (QED) is 0.784. The van der Waals surface area contributed by atoms with Gasteiger partial charge in [0.05, 0.1) is 6.54 Å². The lowest BCUT2D eigenvalue weighted by molar-refractivity contribution is -0.119. The molecule has 0 fully saturated rings. The Hall–Kier alpha value is -1.62. The van der Waals surface area contributed by atoms with Gasteiger partial charge in [-0.3, -0.25) is 4.79 Å². The molecule has 0 radical (unpaired) electrons. The molecule has 18 heavy (non-hydrogen) atoms. The third-order valence-corrected chi connectivity index (χ3v) is 2.88. The molecule has 5 heteroatoms. The first-order chi connectivity index (χ1) is 8.63. The van der Waals surface area contributed by atoms with E-state index in [9.17, 15) is 4.79 Å². The summed E-state index contributed by atoms with van der Waals surface area (Å²) in [5, 5.41) is 2.64. The maximum absolute atomic E-state index is 11.5. The Labute approximate surface area is 108 Å². The van der Waals surface area contributed by atoms with Gasteiger partial charge in [0.2, 0.25) is 5.91 Å². The standard InChI is InChI=1S/C13H22N4O/c1-4-7-17(9-12(18)15-3)13-11(8-14)10(2)5-6-16-13/h5-6H,4,7-9,14H2,1-3H3,(H,15,18). The highest BCUT2D eigenvalue weighted by Gasteiger charge is 2.15. The number of amides is 1. The maximum Gasteiger partial charge on any atom is 0.239 e. The van der Waals surface area contributed by atoms with Gasteiger partial charge in [0.1, 0.15) is 5.82 Å². The summed E-state index contributed by atoms with van der Waals surface area (Å²) < 4.78 is 0. The third kappa shape index (κ3) is 3.43. The van der Waals surface area contributed by atoms with E-state index in [-0.39, 0.29) is 5.91 Å². The van der Waals surface area contributed by atoms with Gasteiger partial charge in [-0.1, -0.05) is 6.92 Å². The van der Waals surface area contributed by atoms with Crippen molar-refractivity contribution >= 4 is 11.7 Å². The summed E-state index contributed by atoms with van der Waals surface area (Å²) in [7, 11) is 1.64. The summed E-state index contributed by atoms with van der Waals surface area (Å²) in [6.07, 6.45) is 2.72. The van der Waals surface area contributed by atoms with Crippen LogP contribution in [-0.4, -0.2) is 31.0 Å². The second kappa shape index (κ2) is 6.96. The van der Waals surface area contributed by atoms with Crippen molar-refractivity contribution < 1.29 is 4.79 Å². The van der Waals surface area contributed by atoms with Gasteiger partial charge >= 0.3 is 0 Å². The van der Waals surface area contributed by atoms with Crippen molar-refractivity contribution in [2.24, 2.45) is 5.73 Å². The summed E-state index contributed by atoms with van der Waals surface area (Å²) in [4.78, 5) is 17.9. The first kappa shape index (κ1) is 14.4. The van der Waals surface area contributed by atoms with Crippen molar-refractivity contribution in [3.8, 4) is 0 Å². The highest BCUT2D eigenvalue weighted by atomic mass is 16.1. The molecule has 0 bridgehead atoms. The van der Waals surface area contributed by atoms with Gasteiger partial charge in [0.15, 0.2) is 0 Å². The summed E-state index contributed by atoms with van der Waals surface area (Å²) >= 11 is 0. The number of aromatic nitrogens is 1. The largest absolute Gasteiger partial charge is 0.358 e. The van der Waals surface area contributed by atoms with Gasteiger partial charge in [-0.05, 0) is 25.0 Å². The number of anilines is 1. The number of carbonyl (C=O) groups is 1. The van der Waals surface area contributed by atoms with E-state index in [0.29, 0.717) is 13.1 Å². The number of rotatable bonds is 6. The number of hydrogen-bond acceptors (Lipinski definition) is 4. The number of nitrogens with two attached hydrogens (primary N) is 1. The van der Waals surface area contributed by atoms with Crippen LogP contribution in [0.15, 0.2) is 12.3 Å². The smallest absolute Gasteiger partial charge is 0.239 e. The molecule has 0 aliphatic rings. The molecule has 0 aliphatic heterocycles. The van der Waals surface area contributed by atoms with Crippen molar-refractivity contribution in [1.29, 1.82) is 0 Å². The number of nitrogens with one attached hydrogen (secondary N) is 1. The second-order valence-electron chi connectivity index (χ2n) is 4.23. The van der Waals surface area contributed by atoms with Crippen LogP contribution in [0.25, 0.3) is 0 Å². The third-order valence-electron chi connectivity index (χ3n) is 2.88. The number of pyridine rings is 1. The van der Waals surface area contributed by atoms with Gasteiger partial charge < -0.3 is 16.0 Å². The molecule has 1 rings (SSSR count). The van der Waals surface area contributed by atoms with E-state index in [1.54, 1.807) is 13.2 Å². The van der Waals surface area contributed by atoms with E-state index in [0.717, 1.165) is 29.9 Å². The number of carbonyl (C=O) groups excluding carboxylic acids is 1. The summed E-state index contributed by atoms with van der Waals surface area (Å²) in [5.74, 6) is 0.803. The molecule has 0 spiro atoms.